The molecule has 3 N–H and O–H groups in total. The lowest BCUT2D eigenvalue weighted by atomic mass is 10.1. The molecule has 100 valence electrons. The van der Waals surface area contributed by atoms with Crippen molar-refractivity contribution in [2.45, 2.75) is 0 Å². The summed E-state index contributed by atoms with van der Waals surface area (Å²) in [6.45, 7) is 0. The highest BCUT2D eigenvalue weighted by atomic mass is 16.5. The van der Waals surface area contributed by atoms with Crippen molar-refractivity contribution < 1.29 is 4.74 Å². The molecule has 20 heavy (non-hydrogen) atoms. The predicted molar refractivity (Wildman–Crippen MR) is 76.0 cm³/mol. The first-order chi connectivity index (χ1) is 9.76. The Balaban J connectivity index is 2.02. The molecule has 3 aromatic heterocycles. The molecule has 6 nitrogen and oxygen atoms in total. The number of nitrogens with zero attached hydrogens (tertiary/aromatic N) is 3. The highest BCUT2D eigenvalue weighted by Gasteiger charge is 2.06. The van der Waals surface area contributed by atoms with Gasteiger partial charge in [-0.1, -0.05) is 0 Å². The van der Waals surface area contributed by atoms with E-state index in [4.69, 9.17) is 10.5 Å². The summed E-state index contributed by atoms with van der Waals surface area (Å²) in [5.41, 5.74) is 9.09. The number of H-pyrrole nitrogens is 1. The van der Waals surface area contributed by atoms with Crippen molar-refractivity contribution in [1.29, 1.82) is 0 Å². The number of nitrogens with two attached hydrogens (primary N) is 1. The summed E-state index contributed by atoms with van der Waals surface area (Å²) >= 11 is 0. The Bertz CT molecular complexity index is 738. The number of hydrogen-bond acceptors (Lipinski definition) is 5. The quantitative estimate of drug-likeness (QED) is 0.758. The maximum Gasteiger partial charge on any atom is 0.197 e. The Morgan fingerprint density at radius 1 is 1.10 bits per heavy atom. The van der Waals surface area contributed by atoms with E-state index < -0.39 is 0 Å². The molecular weight excluding hydrogens is 254 g/mol. The molecule has 0 amide bonds. The van der Waals surface area contributed by atoms with Gasteiger partial charge in [-0.25, -0.2) is 4.98 Å². The number of ether oxygens (including phenoxy) is 1. The fraction of sp³-hybridized carbons (Fsp3) is 0.0714. The molecule has 0 unspecified atom stereocenters. The molecule has 6 heteroatoms. The van der Waals surface area contributed by atoms with E-state index in [1.807, 2.05) is 18.2 Å². The number of imidazole rings is 1. The van der Waals surface area contributed by atoms with Crippen LogP contribution in [0.25, 0.3) is 22.5 Å². The van der Waals surface area contributed by atoms with Crippen LogP contribution in [0.4, 0.5) is 5.95 Å². The Kier molecular flexibility index (Phi) is 3.04. The van der Waals surface area contributed by atoms with Crippen LogP contribution in [0.2, 0.25) is 0 Å². The minimum atomic E-state index is 0.371. The maximum atomic E-state index is 5.58. The lowest BCUT2D eigenvalue weighted by molar-refractivity contribution is 0.413. The second-order valence-corrected chi connectivity index (χ2v) is 4.23. The number of methoxy groups -OCH3 is 1. The van der Waals surface area contributed by atoms with E-state index in [2.05, 4.69) is 19.9 Å². The fourth-order valence-electron chi connectivity index (χ4n) is 1.91. The van der Waals surface area contributed by atoms with E-state index in [1.54, 1.807) is 31.9 Å². The van der Waals surface area contributed by atoms with Crippen molar-refractivity contribution >= 4 is 5.95 Å². The summed E-state index contributed by atoms with van der Waals surface area (Å²) in [7, 11) is 1.62. The smallest absolute Gasteiger partial charge is 0.197 e. The number of nitrogen functional groups attached to an aromatic ring is 1. The van der Waals surface area contributed by atoms with Crippen molar-refractivity contribution in [3.63, 3.8) is 0 Å². The third-order valence-corrected chi connectivity index (χ3v) is 2.91. The molecule has 0 aromatic carbocycles. The SMILES string of the molecule is COc1cncc(-c2ccnc(-c3cnc(N)[nH]3)c2)c1. The Hall–Kier alpha value is -2.89. The highest BCUT2D eigenvalue weighted by molar-refractivity contribution is 5.69. The zero-order chi connectivity index (χ0) is 13.9. The van der Waals surface area contributed by atoms with Crippen LogP contribution in [0.15, 0.2) is 43.0 Å². The molecule has 3 heterocycles. The van der Waals surface area contributed by atoms with Crippen molar-refractivity contribution in [2.24, 2.45) is 0 Å². The lowest BCUT2D eigenvalue weighted by Crippen LogP contribution is -1.89. The van der Waals surface area contributed by atoms with Gasteiger partial charge < -0.3 is 15.5 Å². The first-order valence-electron chi connectivity index (χ1n) is 6.02. The number of nitrogens with one attached hydrogen (secondary N) is 1. The van der Waals surface area contributed by atoms with Gasteiger partial charge in [-0.05, 0) is 23.8 Å². The Morgan fingerprint density at radius 3 is 2.75 bits per heavy atom. The van der Waals surface area contributed by atoms with Crippen molar-refractivity contribution in [2.75, 3.05) is 12.8 Å². The van der Waals surface area contributed by atoms with Crippen LogP contribution in [0, 0.1) is 0 Å². The van der Waals surface area contributed by atoms with Crippen molar-refractivity contribution in [3.05, 3.63) is 43.0 Å². The average Bonchev–Trinajstić information content (AvgIpc) is 2.94. The molecule has 0 radical (unpaired) electrons. The maximum absolute atomic E-state index is 5.58. The largest absolute Gasteiger partial charge is 0.495 e. The van der Waals surface area contributed by atoms with Gasteiger partial charge in [-0.2, -0.15) is 0 Å². The van der Waals surface area contributed by atoms with E-state index in [-0.39, 0.29) is 0 Å². The van der Waals surface area contributed by atoms with Crippen molar-refractivity contribution in [1.82, 2.24) is 19.9 Å². The first kappa shape index (κ1) is 12.2. The van der Waals surface area contributed by atoms with Gasteiger partial charge in [0, 0.05) is 18.0 Å². The third-order valence-electron chi connectivity index (χ3n) is 2.91. The van der Waals surface area contributed by atoms with Crippen LogP contribution in [-0.4, -0.2) is 27.0 Å². The van der Waals surface area contributed by atoms with E-state index in [0.29, 0.717) is 11.7 Å². The highest BCUT2D eigenvalue weighted by Crippen LogP contribution is 2.25. The van der Waals surface area contributed by atoms with Gasteiger partial charge in [0.05, 0.1) is 30.9 Å². The van der Waals surface area contributed by atoms with Gasteiger partial charge in [0.1, 0.15) is 5.75 Å². The normalized spacial score (nSPS) is 10.4. The van der Waals surface area contributed by atoms with Gasteiger partial charge in [0.15, 0.2) is 5.95 Å². The molecule has 3 aromatic rings. The molecule has 0 atom stereocenters. The molecule has 0 spiro atoms. The van der Waals surface area contributed by atoms with E-state index in [1.165, 1.54) is 0 Å². The number of aromatic nitrogens is 4. The molecule has 0 aliphatic heterocycles. The molecule has 0 fully saturated rings. The topological polar surface area (TPSA) is 89.7 Å². The molecule has 0 aliphatic rings. The van der Waals surface area contributed by atoms with Crippen LogP contribution < -0.4 is 10.5 Å². The number of hydrogen-bond donors (Lipinski definition) is 2. The van der Waals surface area contributed by atoms with Crippen LogP contribution in [-0.2, 0) is 0 Å². The summed E-state index contributed by atoms with van der Waals surface area (Å²) in [6.07, 6.45) is 6.84. The predicted octanol–water partition coefficient (Wildman–Crippen LogP) is 2.12. The van der Waals surface area contributed by atoms with Crippen LogP contribution in [0.1, 0.15) is 0 Å². The Labute approximate surface area is 115 Å². The third kappa shape index (κ3) is 2.31. The van der Waals surface area contributed by atoms with E-state index >= 15 is 0 Å². The minimum Gasteiger partial charge on any atom is -0.495 e. The molecule has 0 aliphatic carbocycles. The van der Waals surface area contributed by atoms with Gasteiger partial charge in [-0.15, -0.1) is 0 Å². The second-order valence-electron chi connectivity index (χ2n) is 4.23. The minimum absolute atomic E-state index is 0.371. The molecule has 0 saturated heterocycles. The zero-order valence-corrected chi connectivity index (χ0v) is 10.9. The summed E-state index contributed by atoms with van der Waals surface area (Å²) in [5.74, 6) is 1.09. The van der Waals surface area contributed by atoms with Crippen LogP contribution >= 0.6 is 0 Å². The molecule has 0 saturated carbocycles. The van der Waals surface area contributed by atoms with E-state index in [9.17, 15) is 0 Å². The number of rotatable bonds is 3. The average molecular weight is 267 g/mol. The van der Waals surface area contributed by atoms with Crippen LogP contribution in [0.3, 0.4) is 0 Å². The first-order valence-corrected chi connectivity index (χ1v) is 6.02. The van der Waals surface area contributed by atoms with Gasteiger partial charge in [0.2, 0.25) is 0 Å². The molecule has 3 rings (SSSR count). The molecule has 0 bridgehead atoms. The summed E-state index contributed by atoms with van der Waals surface area (Å²) in [4.78, 5) is 15.4. The number of pyridine rings is 2. The fourth-order valence-corrected chi connectivity index (χ4v) is 1.91. The standard InChI is InChI=1S/C14H13N5O/c1-20-11-4-10(6-16-7-11)9-2-3-17-12(5-9)13-8-18-14(15)19-13/h2-8H,1H3,(H3,15,18,19). The number of anilines is 1. The van der Waals surface area contributed by atoms with Gasteiger partial charge >= 0.3 is 0 Å². The lowest BCUT2D eigenvalue weighted by Gasteiger charge is -2.05. The van der Waals surface area contributed by atoms with Gasteiger partial charge in [0.25, 0.3) is 0 Å². The Morgan fingerprint density at radius 2 is 2.00 bits per heavy atom. The monoisotopic (exact) mass is 267 g/mol. The zero-order valence-electron chi connectivity index (χ0n) is 10.9. The molecular formula is C14H13N5O. The summed E-state index contributed by atoms with van der Waals surface area (Å²) < 4.78 is 5.18. The van der Waals surface area contributed by atoms with Gasteiger partial charge in [-0.3, -0.25) is 9.97 Å². The van der Waals surface area contributed by atoms with Crippen molar-refractivity contribution in [3.8, 4) is 28.3 Å². The summed E-state index contributed by atoms with van der Waals surface area (Å²) in [6, 6.07) is 5.79. The van der Waals surface area contributed by atoms with E-state index in [0.717, 1.165) is 22.5 Å². The summed E-state index contributed by atoms with van der Waals surface area (Å²) in [5, 5.41) is 0. The number of aromatic amines is 1. The van der Waals surface area contributed by atoms with Crippen LogP contribution in [0.5, 0.6) is 5.75 Å². The second kappa shape index (κ2) is 5.00.